The zero-order valence-electron chi connectivity index (χ0n) is 12.3. The molecule has 0 saturated carbocycles. The van der Waals surface area contributed by atoms with Crippen molar-refractivity contribution in [3.05, 3.63) is 64.0 Å². The van der Waals surface area contributed by atoms with E-state index in [1.54, 1.807) is 18.5 Å². The van der Waals surface area contributed by atoms with E-state index in [4.69, 9.17) is 4.74 Å². The van der Waals surface area contributed by atoms with Crippen LogP contribution in [-0.4, -0.2) is 20.6 Å². The number of carbonyl (C=O) groups excluding carboxylic acids is 1. The summed E-state index contributed by atoms with van der Waals surface area (Å²) in [5.41, 5.74) is 0.289. The van der Waals surface area contributed by atoms with Crippen molar-refractivity contribution in [3.8, 4) is 0 Å². The Morgan fingerprint density at radius 2 is 2.17 bits per heavy atom. The van der Waals surface area contributed by atoms with Crippen molar-refractivity contribution < 1.29 is 9.53 Å². The summed E-state index contributed by atoms with van der Waals surface area (Å²) in [5, 5.41) is 1.46. The third kappa shape index (κ3) is 3.80. The lowest BCUT2D eigenvalue weighted by Crippen LogP contribution is -2.19. The summed E-state index contributed by atoms with van der Waals surface area (Å²) >= 11 is 2.80. The summed E-state index contributed by atoms with van der Waals surface area (Å²) in [6, 6.07) is 11.1. The number of ether oxygens (including phenoxy) is 1. The van der Waals surface area contributed by atoms with Crippen LogP contribution in [0.4, 0.5) is 0 Å². The lowest BCUT2D eigenvalue weighted by Gasteiger charge is -2.11. The van der Waals surface area contributed by atoms with Gasteiger partial charge in [0.15, 0.2) is 4.96 Å². The molecule has 0 radical (unpaired) electrons. The van der Waals surface area contributed by atoms with Crippen LogP contribution in [0.5, 0.6) is 0 Å². The third-order valence-electron chi connectivity index (χ3n) is 3.11. The minimum Gasteiger partial charge on any atom is -0.458 e. The Bertz CT molecular complexity index is 874. The predicted molar refractivity (Wildman–Crippen MR) is 90.9 cm³/mol. The molecule has 0 unspecified atom stereocenters. The first-order valence-electron chi connectivity index (χ1n) is 6.97. The Balaban J connectivity index is 1.62. The molecule has 0 aliphatic heterocycles. The summed E-state index contributed by atoms with van der Waals surface area (Å²) in [5.74, 6) is -0.327. The van der Waals surface area contributed by atoms with Crippen LogP contribution < -0.4 is 5.56 Å². The number of thioether (sulfide) groups is 1. The maximum atomic E-state index is 12.1. The minimum absolute atomic E-state index is 0.00215. The van der Waals surface area contributed by atoms with Crippen LogP contribution in [0.15, 0.2) is 57.7 Å². The molecule has 0 aliphatic rings. The molecule has 2 aromatic heterocycles. The van der Waals surface area contributed by atoms with Crippen molar-refractivity contribution in [2.45, 2.75) is 23.7 Å². The van der Waals surface area contributed by atoms with Gasteiger partial charge < -0.3 is 4.74 Å². The maximum Gasteiger partial charge on any atom is 0.319 e. The fourth-order valence-corrected chi connectivity index (χ4v) is 3.60. The van der Waals surface area contributed by atoms with E-state index in [2.05, 4.69) is 4.98 Å². The van der Waals surface area contributed by atoms with E-state index in [1.807, 2.05) is 30.3 Å². The zero-order chi connectivity index (χ0) is 16.2. The van der Waals surface area contributed by atoms with E-state index in [0.29, 0.717) is 10.7 Å². The highest BCUT2D eigenvalue weighted by Crippen LogP contribution is 2.23. The number of thiazole rings is 1. The van der Waals surface area contributed by atoms with Crippen molar-refractivity contribution in [2.75, 3.05) is 0 Å². The smallest absolute Gasteiger partial charge is 0.319 e. The maximum absolute atomic E-state index is 12.1. The Hall–Kier alpha value is -2.12. The van der Waals surface area contributed by atoms with Gasteiger partial charge in [-0.3, -0.25) is 14.0 Å². The Morgan fingerprint density at radius 1 is 1.39 bits per heavy atom. The fourth-order valence-electron chi connectivity index (χ4n) is 1.98. The van der Waals surface area contributed by atoms with E-state index in [-0.39, 0.29) is 23.4 Å². The van der Waals surface area contributed by atoms with Crippen LogP contribution in [0.3, 0.4) is 0 Å². The third-order valence-corrected chi connectivity index (χ3v) is 4.95. The Kier molecular flexibility index (Phi) is 4.78. The monoisotopic (exact) mass is 346 g/mol. The molecule has 0 bridgehead atoms. The summed E-state index contributed by atoms with van der Waals surface area (Å²) in [6.07, 6.45) is 1.67. The number of esters is 1. The molecule has 5 nitrogen and oxygen atoms in total. The molecule has 3 rings (SSSR count). The molecule has 0 aliphatic carbocycles. The number of nitrogens with zero attached hydrogens (tertiary/aromatic N) is 2. The van der Waals surface area contributed by atoms with Gasteiger partial charge in [0.25, 0.3) is 5.56 Å². The lowest BCUT2D eigenvalue weighted by atomic mass is 10.4. The minimum atomic E-state index is -0.330. The first kappa shape index (κ1) is 15.8. The number of rotatable bonds is 5. The van der Waals surface area contributed by atoms with Gasteiger partial charge in [-0.05, 0) is 19.1 Å². The van der Waals surface area contributed by atoms with Crippen molar-refractivity contribution >= 4 is 34.0 Å². The Labute approximate surface area is 140 Å². The molecular weight excluding hydrogens is 332 g/mol. The van der Waals surface area contributed by atoms with Gasteiger partial charge in [0.2, 0.25) is 0 Å². The van der Waals surface area contributed by atoms with Gasteiger partial charge in [0, 0.05) is 22.5 Å². The molecule has 3 aromatic rings. The van der Waals surface area contributed by atoms with Gasteiger partial charge in [-0.1, -0.05) is 18.2 Å². The van der Waals surface area contributed by atoms with Crippen LogP contribution >= 0.6 is 23.1 Å². The van der Waals surface area contributed by atoms with Crippen LogP contribution in [0.2, 0.25) is 0 Å². The highest BCUT2D eigenvalue weighted by Gasteiger charge is 2.16. The van der Waals surface area contributed by atoms with Crippen LogP contribution in [-0.2, 0) is 16.1 Å². The number of carbonyl (C=O) groups is 1. The first-order valence-corrected chi connectivity index (χ1v) is 8.73. The second kappa shape index (κ2) is 6.97. The summed E-state index contributed by atoms with van der Waals surface area (Å²) < 4.78 is 6.74. The van der Waals surface area contributed by atoms with Crippen LogP contribution in [0, 0.1) is 0 Å². The molecule has 0 N–H and O–H groups in total. The molecule has 7 heteroatoms. The number of hydrogen-bond donors (Lipinski definition) is 0. The molecule has 118 valence electrons. The molecule has 0 saturated heterocycles. The number of aromatic nitrogens is 2. The van der Waals surface area contributed by atoms with Gasteiger partial charge >= 0.3 is 5.97 Å². The normalized spacial score (nSPS) is 12.2. The van der Waals surface area contributed by atoms with Gasteiger partial charge in [-0.2, -0.15) is 0 Å². The zero-order valence-corrected chi connectivity index (χ0v) is 14.0. The van der Waals surface area contributed by atoms with E-state index in [0.717, 1.165) is 4.90 Å². The highest BCUT2D eigenvalue weighted by atomic mass is 32.2. The van der Waals surface area contributed by atoms with Gasteiger partial charge in [0.1, 0.15) is 11.9 Å². The molecular formula is C16H14N2O3S2. The quantitative estimate of drug-likeness (QED) is 0.525. The summed E-state index contributed by atoms with van der Waals surface area (Å²) in [4.78, 5) is 29.8. The van der Waals surface area contributed by atoms with Crippen molar-refractivity contribution in [1.82, 2.24) is 9.38 Å². The molecule has 0 fully saturated rings. The molecule has 1 atom stereocenters. The van der Waals surface area contributed by atoms with Crippen LogP contribution in [0.25, 0.3) is 4.96 Å². The fraction of sp³-hybridized carbons (Fsp3) is 0.188. The van der Waals surface area contributed by atoms with E-state index in [9.17, 15) is 9.59 Å². The number of fused-ring (bicyclic) bond motifs is 1. The SMILES string of the molecule is C[C@@H](Sc1ccccc1)C(=O)OCc1cc(=O)n2ccsc2n1. The van der Waals surface area contributed by atoms with Gasteiger partial charge in [-0.25, -0.2) is 4.98 Å². The van der Waals surface area contributed by atoms with Crippen molar-refractivity contribution in [3.63, 3.8) is 0 Å². The van der Waals surface area contributed by atoms with Crippen molar-refractivity contribution in [2.24, 2.45) is 0 Å². The van der Waals surface area contributed by atoms with E-state index < -0.39 is 0 Å². The molecule has 2 heterocycles. The highest BCUT2D eigenvalue weighted by molar-refractivity contribution is 8.00. The topological polar surface area (TPSA) is 60.7 Å². The largest absolute Gasteiger partial charge is 0.458 e. The van der Waals surface area contributed by atoms with Gasteiger partial charge in [0.05, 0.1) is 5.69 Å². The number of benzene rings is 1. The standard InChI is InChI=1S/C16H14N2O3S2/c1-11(23-13-5-3-2-4-6-13)15(20)21-10-12-9-14(19)18-7-8-22-16(18)17-12/h2-9,11H,10H2,1H3/t11-/m1/s1. The second-order valence-corrected chi connectivity index (χ2v) is 7.11. The van der Waals surface area contributed by atoms with Gasteiger partial charge in [-0.15, -0.1) is 23.1 Å². The predicted octanol–water partition coefficient (Wildman–Crippen LogP) is 2.98. The molecule has 23 heavy (non-hydrogen) atoms. The second-order valence-electron chi connectivity index (χ2n) is 4.82. The summed E-state index contributed by atoms with van der Waals surface area (Å²) in [7, 11) is 0. The first-order chi connectivity index (χ1) is 11.1. The van der Waals surface area contributed by atoms with E-state index in [1.165, 1.54) is 33.6 Å². The van der Waals surface area contributed by atoms with Crippen LogP contribution in [0.1, 0.15) is 12.6 Å². The lowest BCUT2D eigenvalue weighted by molar-refractivity contribution is -0.144. The average molecular weight is 346 g/mol. The summed E-state index contributed by atoms with van der Waals surface area (Å²) in [6.45, 7) is 1.80. The average Bonchev–Trinajstić information content (AvgIpc) is 3.02. The van der Waals surface area contributed by atoms with Crippen molar-refractivity contribution in [1.29, 1.82) is 0 Å². The molecule has 1 aromatic carbocycles. The molecule has 0 spiro atoms. The molecule has 0 amide bonds. The number of hydrogen-bond acceptors (Lipinski definition) is 6. The van der Waals surface area contributed by atoms with E-state index >= 15 is 0 Å². The Morgan fingerprint density at radius 3 is 2.96 bits per heavy atom.